The van der Waals surface area contributed by atoms with Crippen molar-refractivity contribution >= 4 is 0 Å². The summed E-state index contributed by atoms with van der Waals surface area (Å²) in [5.41, 5.74) is 1.77. The maximum absolute atomic E-state index is 4.50. The average molecular weight is 277 g/mol. The molecule has 2 heterocycles. The Bertz CT molecular complexity index is 391. The third-order valence-corrected chi connectivity index (χ3v) is 4.90. The molecule has 0 radical (unpaired) electrons. The number of nitrogens with one attached hydrogen (secondary N) is 1. The lowest BCUT2D eigenvalue weighted by molar-refractivity contribution is 0.298. The topological polar surface area (TPSA) is 29.9 Å². The summed E-state index contributed by atoms with van der Waals surface area (Å²) < 4.78 is 2.50. The molecular weight excluding hydrogens is 246 g/mol. The van der Waals surface area contributed by atoms with Crippen molar-refractivity contribution in [3.63, 3.8) is 0 Å². The number of rotatable bonds is 7. The zero-order valence-electron chi connectivity index (χ0n) is 13.5. The van der Waals surface area contributed by atoms with Gasteiger partial charge in [-0.05, 0) is 38.8 Å². The van der Waals surface area contributed by atoms with Crippen molar-refractivity contribution in [2.24, 2.45) is 0 Å². The van der Waals surface area contributed by atoms with E-state index < -0.39 is 0 Å². The minimum Gasteiger partial charge on any atom is -0.331 e. The number of piperidine rings is 1. The van der Waals surface area contributed by atoms with Crippen molar-refractivity contribution in [2.75, 3.05) is 13.1 Å². The molecule has 1 N–H and O–H groups in total. The van der Waals surface area contributed by atoms with Crippen LogP contribution < -0.4 is 5.32 Å². The van der Waals surface area contributed by atoms with Crippen molar-refractivity contribution in [1.82, 2.24) is 14.9 Å². The minimum atomic E-state index is 0.306. The molecule has 1 unspecified atom stereocenters. The van der Waals surface area contributed by atoms with E-state index in [0.717, 1.165) is 13.1 Å². The van der Waals surface area contributed by atoms with Crippen LogP contribution in [-0.2, 0) is 5.41 Å². The molecule has 0 spiro atoms. The molecule has 0 bridgehead atoms. The van der Waals surface area contributed by atoms with E-state index in [9.17, 15) is 0 Å². The predicted octanol–water partition coefficient (Wildman–Crippen LogP) is 4.06. The lowest BCUT2D eigenvalue weighted by Crippen LogP contribution is -2.39. The average Bonchev–Trinajstić information content (AvgIpc) is 2.94. The first-order valence-electron chi connectivity index (χ1n) is 8.44. The van der Waals surface area contributed by atoms with Gasteiger partial charge in [0.15, 0.2) is 0 Å². The van der Waals surface area contributed by atoms with Crippen LogP contribution in [0.2, 0.25) is 0 Å². The standard InChI is InChI=1S/C17H31N3/c1-4-6-8-15(7-5-2)20-14-19-13-16(20)17(3)9-11-18-12-10-17/h13-15,18H,4-12H2,1-3H3. The SMILES string of the molecule is CCCCC(CCC)n1cncc1C1(C)CCNCC1. The van der Waals surface area contributed by atoms with Crippen molar-refractivity contribution in [3.05, 3.63) is 18.2 Å². The van der Waals surface area contributed by atoms with Gasteiger partial charge in [-0.1, -0.05) is 40.0 Å². The Morgan fingerprint density at radius 1 is 1.25 bits per heavy atom. The van der Waals surface area contributed by atoms with E-state index >= 15 is 0 Å². The first kappa shape index (κ1) is 15.6. The highest BCUT2D eigenvalue weighted by molar-refractivity contribution is 5.16. The summed E-state index contributed by atoms with van der Waals surface area (Å²) in [7, 11) is 0. The van der Waals surface area contributed by atoms with Gasteiger partial charge in [0.1, 0.15) is 0 Å². The molecule has 20 heavy (non-hydrogen) atoms. The molecule has 1 atom stereocenters. The molecular formula is C17H31N3. The second-order valence-corrected chi connectivity index (χ2v) is 6.58. The van der Waals surface area contributed by atoms with Crippen molar-refractivity contribution in [3.8, 4) is 0 Å². The van der Waals surface area contributed by atoms with Crippen molar-refractivity contribution in [1.29, 1.82) is 0 Å². The second kappa shape index (κ2) is 7.26. The third kappa shape index (κ3) is 3.43. The molecule has 3 nitrogen and oxygen atoms in total. The highest BCUT2D eigenvalue weighted by atomic mass is 15.1. The maximum Gasteiger partial charge on any atom is 0.0950 e. The molecule has 0 saturated carbocycles. The van der Waals surface area contributed by atoms with Gasteiger partial charge in [0, 0.05) is 23.3 Å². The van der Waals surface area contributed by atoms with Gasteiger partial charge in [0.2, 0.25) is 0 Å². The van der Waals surface area contributed by atoms with E-state index in [4.69, 9.17) is 0 Å². The van der Waals surface area contributed by atoms with Crippen molar-refractivity contribution in [2.45, 2.75) is 77.2 Å². The monoisotopic (exact) mass is 277 g/mol. The van der Waals surface area contributed by atoms with Crippen LogP contribution in [0.4, 0.5) is 0 Å². The Labute approximate surface area is 124 Å². The Kier molecular flexibility index (Phi) is 5.64. The Morgan fingerprint density at radius 2 is 2.00 bits per heavy atom. The normalized spacial score (nSPS) is 19.9. The molecule has 1 aliphatic rings. The van der Waals surface area contributed by atoms with Gasteiger partial charge < -0.3 is 9.88 Å². The number of hydrogen-bond donors (Lipinski definition) is 1. The van der Waals surface area contributed by atoms with Crippen LogP contribution in [0.25, 0.3) is 0 Å². The molecule has 1 aliphatic heterocycles. The van der Waals surface area contributed by atoms with Gasteiger partial charge in [-0.25, -0.2) is 4.98 Å². The zero-order valence-corrected chi connectivity index (χ0v) is 13.5. The summed E-state index contributed by atoms with van der Waals surface area (Å²) in [5, 5.41) is 3.48. The molecule has 0 aliphatic carbocycles. The highest BCUT2D eigenvalue weighted by Crippen LogP contribution is 2.35. The molecule has 3 heteroatoms. The minimum absolute atomic E-state index is 0.306. The van der Waals surface area contributed by atoms with Crippen LogP contribution in [0.1, 0.15) is 77.5 Å². The maximum atomic E-state index is 4.50. The van der Waals surface area contributed by atoms with Gasteiger partial charge >= 0.3 is 0 Å². The van der Waals surface area contributed by atoms with Gasteiger partial charge in [-0.2, -0.15) is 0 Å². The summed E-state index contributed by atoms with van der Waals surface area (Å²) in [4.78, 5) is 4.50. The van der Waals surface area contributed by atoms with Crippen LogP contribution >= 0.6 is 0 Å². The molecule has 0 amide bonds. The number of imidazole rings is 1. The number of unbranched alkanes of at least 4 members (excludes halogenated alkanes) is 1. The fourth-order valence-electron chi connectivity index (χ4n) is 3.49. The van der Waals surface area contributed by atoms with Crippen LogP contribution in [0.15, 0.2) is 12.5 Å². The first-order chi connectivity index (χ1) is 9.71. The molecule has 0 aromatic carbocycles. The first-order valence-corrected chi connectivity index (χ1v) is 8.44. The Morgan fingerprint density at radius 3 is 2.65 bits per heavy atom. The lowest BCUT2D eigenvalue weighted by Gasteiger charge is -2.36. The molecule has 2 rings (SSSR count). The van der Waals surface area contributed by atoms with E-state index in [1.54, 1.807) is 0 Å². The summed E-state index contributed by atoms with van der Waals surface area (Å²) >= 11 is 0. The van der Waals surface area contributed by atoms with E-state index in [1.807, 2.05) is 0 Å². The predicted molar refractivity (Wildman–Crippen MR) is 85.2 cm³/mol. The molecule has 1 saturated heterocycles. The van der Waals surface area contributed by atoms with E-state index in [1.165, 1.54) is 50.6 Å². The van der Waals surface area contributed by atoms with Gasteiger partial charge in [0.05, 0.1) is 6.33 Å². The molecule has 1 aromatic rings. The van der Waals surface area contributed by atoms with Crippen LogP contribution in [-0.4, -0.2) is 22.6 Å². The van der Waals surface area contributed by atoms with Crippen LogP contribution in [0, 0.1) is 0 Å². The second-order valence-electron chi connectivity index (χ2n) is 6.58. The van der Waals surface area contributed by atoms with Gasteiger partial charge in [-0.3, -0.25) is 0 Å². The summed E-state index contributed by atoms with van der Waals surface area (Å²) in [6.07, 6.45) is 13.1. The zero-order chi connectivity index (χ0) is 14.4. The smallest absolute Gasteiger partial charge is 0.0950 e. The Hall–Kier alpha value is -0.830. The fraction of sp³-hybridized carbons (Fsp3) is 0.824. The molecule has 1 aromatic heterocycles. The summed E-state index contributed by atoms with van der Waals surface area (Å²) in [6, 6.07) is 0.643. The Balaban J connectivity index is 2.20. The van der Waals surface area contributed by atoms with Crippen LogP contribution in [0.5, 0.6) is 0 Å². The fourth-order valence-corrected chi connectivity index (χ4v) is 3.49. The summed E-state index contributed by atoms with van der Waals surface area (Å²) in [6.45, 7) is 9.27. The van der Waals surface area contributed by atoms with E-state index in [2.05, 4.69) is 48.2 Å². The third-order valence-electron chi connectivity index (χ3n) is 4.90. The van der Waals surface area contributed by atoms with E-state index in [-0.39, 0.29) is 0 Å². The highest BCUT2D eigenvalue weighted by Gasteiger charge is 2.32. The number of hydrogen-bond acceptors (Lipinski definition) is 2. The largest absolute Gasteiger partial charge is 0.331 e. The lowest BCUT2D eigenvalue weighted by atomic mass is 9.78. The molecule has 1 fully saturated rings. The van der Waals surface area contributed by atoms with Crippen molar-refractivity contribution < 1.29 is 0 Å². The summed E-state index contributed by atoms with van der Waals surface area (Å²) in [5.74, 6) is 0. The number of aromatic nitrogens is 2. The number of nitrogens with zero attached hydrogens (tertiary/aromatic N) is 2. The molecule has 114 valence electrons. The quantitative estimate of drug-likeness (QED) is 0.814. The van der Waals surface area contributed by atoms with Gasteiger partial charge in [0.25, 0.3) is 0 Å². The van der Waals surface area contributed by atoms with Gasteiger partial charge in [-0.15, -0.1) is 0 Å². The van der Waals surface area contributed by atoms with E-state index in [0.29, 0.717) is 11.5 Å². The van der Waals surface area contributed by atoms with Crippen LogP contribution in [0.3, 0.4) is 0 Å².